The number of hydrogen-bond acceptors (Lipinski definition) is 5. The molecule has 1 amide bonds. The van der Waals surface area contributed by atoms with Crippen LogP contribution in [0.15, 0.2) is 61.1 Å². The van der Waals surface area contributed by atoms with Gasteiger partial charge in [-0.1, -0.05) is 63.2 Å². The lowest BCUT2D eigenvalue weighted by molar-refractivity contribution is 0.0995. The maximum absolute atomic E-state index is 11.7. The number of nitrogens with two attached hydrogens (primary N) is 1. The van der Waals surface area contributed by atoms with E-state index >= 15 is 0 Å². The van der Waals surface area contributed by atoms with E-state index in [1.807, 2.05) is 22.8 Å². The van der Waals surface area contributed by atoms with Crippen molar-refractivity contribution in [1.29, 1.82) is 0 Å². The number of nitrogens with zero attached hydrogens (tertiary/aromatic N) is 3. The number of fused-ring (bicyclic) bond motifs is 1. The van der Waals surface area contributed by atoms with Crippen LogP contribution in [0.2, 0.25) is 18.1 Å². The van der Waals surface area contributed by atoms with Gasteiger partial charge in [0, 0.05) is 11.8 Å². The number of hydrogen-bond donors (Lipinski definition) is 1. The Kier molecular flexibility index (Phi) is 7.50. The summed E-state index contributed by atoms with van der Waals surface area (Å²) in [6.45, 7) is 13.4. The first-order valence-corrected chi connectivity index (χ1v) is 16.1. The Morgan fingerprint density at radius 1 is 1.14 bits per heavy atom. The van der Waals surface area contributed by atoms with Gasteiger partial charge in [-0.15, -0.1) is 11.3 Å². The molecule has 0 aliphatic rings. The van der Waals surface area contributed by atoms with Gasteiger partial charge in [0.15, 0.2) is 8.32 Å². The van der Waals surface area contributed by atoms with Crippen LogP contribution in [0.25, 0.3) is 20.8 Å². The lowest BCUT2D eigenvalue weighted by atomic mass is 10.0. The number of carbonyl (C=O) groups excluding carboxylic acids is 1. The molecule has 0 bridgehead atoms. The summed E-state index contributed by atoms with van der Waals surface area (Å²) >= 11 is 1.72. The smallest absolute Gasteiger partial charge is 0.268 e. The van der Waals surface area contributed by atoms with Crippen molar-refractivity contribution >= 4 is 35.8 Å². The fraction of sp³-hybridized carbons (Fsp3) is 0.393. The second kappa shape index (κ2) is 10.3. The highest BCUT2D eigenvalue weighted by Gasteiger charge is 2.40. The van der Waals surface area contributed by atoms with E-state index < -0.39 is 14.2 Å². The standard InChI is InChI=1S/C28H36N4O2SSi/c1-19(34-36(5,6)28(2,3)4)23(32-17-22(26(29)33)30-18-32)16-15-20-13-10-14-24-25(20)31-27(35-24)21-11-8-7-9-12-21/h7-14,17-19,23H,15-16H2,1-6H3,(H2,29,33)/t19-,23+/m0/s1. The van der Waals surface area contributed by atoms with Gasteiger partial charge < -0.3 is 14.7 Å². The first-order valence-electron chi connectivity index (χ1n) is 12.4. The van der Waals surface area contributed by atoms with Crippen LogP contribution < -0.4 is 5.73 Å². The highest BCUT2D eigenvalue weighted by atomic mass is 32.1. The highest BCUT2D eigenvalue weighted by molar-refractivity contribution is 7.21. The Morgan fingerprint density at radius 2 is 1.86 bits per heavy atom. The molecule has 0 saturated heterocycles. The van der Waals surface area contributed by atoms with Gasteiger partial charge in [0.1, 0.15) is 10.7 Å². The summed E-state index contributed by atoms with van der Waals surface area (Å²) in [7, 11) is -2.00. The van der Waals surface area contributed by atoms with E-state index in [9.17, 15) is 4.79 Å². The molecule has 2 heterocycles. The zero-order valence-corrected chi connectivity index (χ0v) is 23.8. The summed E-state index contributed by atoms with van der Waals surface area (Å²) in [6.07, 6.45) is 5.04. The van der Waals surface area contributed by atoms with Crippen molar-refractivity contribution in [1.82, 2.24) is 14.5 Å². The van der Waals surface area contributed by atoms with Crippen LogP contribution in [0.3, 0.4) is 0 Å². The number of amides is 1. The summed E-state index contributed by atoms with van der Waals surface area (Å²) in [5.41, 5.74) is 9.17. The van der Waals surface area contributed by atoms with Gasteiger partial charge >= 0.3 is 0 Å². The van der Waals surface area contributed by atoms with E-state index in [1.54, 1.807) is 23.9 Å². The Balaban J connectivity index is 1.62. The largest absolute Gasteiger partial charge is 0.412 e. The second-order valence-corrected chi connectivity index (χ2v) is 16.7. The molecule has 2 atom stereocenters. The van der Waals surface area contributed by atoms with Crippen molar-refractivity contribution in [2.75, 3.05) is 0 Å². The fourth-order valence-corrected chi connectivity index (χ4v) is 6.67. The van der Waals surface area contributed by atoms with Crippen LogP contribution >= 0.6 is 11.3 Å². The highest BCUT2D eigenvalue weighted by Crippen LogP contribution is 2.39. The van der Waals surface area contributed by atoms with Crippen molar-refractivity contribution in [2.24, 2.45) is 5.73 Å². The number of aryl methyl sites for hydroxylation is 1. The maximum atomic E-state index is 11.7. The summed E-state index contributed by atoms with van der Waals surface area (Å²) < 4.78 is 9.97. The molecule has 2 aromatic carbocycles. The Bertz CT molecular complexity index is 1340. The van der Waals surface area contributed by atoms with Crippen molar-refractivity contribution < 1.29 is 9.22 Å². The number of aromatic nitrogens is 3. The quantitative estimate of drug-likeness (QED) is 0.245. The van der Waals surface area contributed by atoms with Gasteiger partial charge in [-0.3, -0.25) is 4.79 Å². The van der Waals surface area contributed by atoms with Crippen LogP contribution in [0.4, 0.5) is 0 Å². The summed E-state index contributed by atoms with van der Waals surface area (Å²) in [4.78, 5) is 21.0. The average molecular weight is 521 g/mol. The van der Waals surface area contributed by atoms with Gasteiger partial charge in [0.2, 0.25) is 0 Å². The Hall–Kier alpha value is -2.81. The van der Waals surface area contributed by atoms with Gasteiger partial charge in [-0.05, 0) is 49.5 Å². The predicted octanol–water partition coefficient (Wildman–Crippen LogP) is 6.84. The Morgan fingerprint density at radius 3 is 2.50 bits per heavy atom. The summed E-state index contributed by atoms with van der Waals surface area (Å²) in [5, 5.41) is 1.13. The number of primary amides is 1. The second-order valence-electron chi connectivity index (χ2n) is 10.9. The lowest BCUT2D eigenvalue weighted by Crippen LogP contribution is -2.45. The molecule has 4 aromatic rings. The molecule has 6 nitrogen and oxygen atoms in total. The van der Waals surface area contributed by atoms with Crippen LogP contribution in [-0.2, 0) is 10.8 Å². The van der Waals surface area contributed by atoms with Crippen LogP contribution in [0.1, 0.15) is 56.2 Å². The molecule has 0 aliphatic heterocycles. The van der Waals surface area contributed by atoms with E-state index in [0.29, 0.717) is 0 Å². The molecule has 36 heavy (non-hydrogen) atoms. The number of benzene rings is 2. The molecule has 0 unspecified atom stereocenters. The van der Waals surface area contributed by atoms with Gasteiger partial charge in [0.05, 0.1) is 28.7 Å². The van der Waals surface area contributed by atoms with E-state index in [4.69, 9.17) is 15.1 Å². The molecule has 4 rings (SSSR count). The minimum atomic E-state index is -2.00. The predicted molar refractivity (Wildman–Crippen MR) is 151 cm³/mol. The molecule has 0 aliphatic carbocycles. The SMILES string of the molecule is C[C@H](O[Si](C)(C)C(C)(C)C)[C@@H](CCc1cccc2sc(-c3ccccc3)nc12)n1cnc(C(N)=O)c1. The first-order chi connectivity index (χ1) is 17.0. The maximum Gasteiger partial charge on any atom is 0.268 e. The number of thiazole rings is 1. The van der Waals surface area contributed by atoms with E-state index in [-0.39, 0.29) is 22.9 Å². The average Bonchev–Trinajstić information content (AvgIpc) is 3.47. The molecular formula is C28H36N4O2SSi. The normalized spacial score (nSPS) is 14.2. The molecule has 2 aromatic heterocycles. The molecule has 2 N–H and O–H groups in total. The van der Waals surface area contributed by atoms with E-state index in [1.165, 1.54) is 10.3 Å². The summed E-state index contributed by atoms with van der Waals surface area (Å²) in [6, 6.07) is 16.7. The van der Waals surface area contributed by atoms with E-state index in [0.717, 1.165) is 28.9 Å². The number of para-hydroxylation sites is 1. The topological polar surface area (TPSA) is 83.0 Å². The van der Waals surface area contributed by atoms with E-state index in [2.05, 4.69) is 76.1 Å². The molecule has 8 heteroatoms. The van der Waals surface area contributed by atoms with Crippen molar-refractivity contribution in [2.45, 2.75) is 70.8 Å². The van der Waals surface area contributed by atoms with Crippen molar-refractivity contribution in [3.8, 4) is 10.6 Å². The van der Waals surface area contributed by atoms with Crippen LogP contribution in [0, 0.1) is 0 Å². The lowest BCUT2D eigenvalue weighted by Gasteiger charge is -2.40. The minimum Gasteiger partial charge on any atom is -0.412 e. The number of rotatable bonds is 9. The molecule has 0 spiro atoms. The summed E-state index contributed by atoms with van der Waals surface area (Å²) in [5.74, 6) is -0.522. The third kappa shape index (κ3) is 5.61. The number of imidazole rings is 1. The fourth-order valence-electron chi connectivity index (χ4n) is 4.21. The van der Waals surface area contributed by atoms with Gasteiger partial charge in [-0.25, -0.2) is 9.97 Å². The van der Waals surface area contributed by atoms with Gasteiger partial charge in [0.25, 0.3) is 5.91 Å². The Labute approximate surface area is 218 Å². The molecule has 0 fully saturated rings. The van der Waals surface area contributed by atoms with Crippen LogP contribution in [-0.4, -0.2) is 34.9 Å². The monoisotopic (exact) mass is 520 g/mol. The molecular weight excluding hydrogens is 484 g/mol. The molecule has 190 valence electrons. The zero-order chi connectivity index (χ0) is 26.1. The minimum absolute atomic E-state index is 0.00205. The van der Waals surface area contributed by atoms with Crippen molar-refractivity contribution in [3.05, 3.63) is 72.3 Å². The number of carbonyl (C=O) groups is 1. The van der Waals surface area contributed by atoms with Gasteiger partial charge in [-0.2, -0.15) is 0 Å². The third-order valence-corrected chi connectivity index (χ3v) is 12.9. The first kappa shape index (κ1) is 26.3. The zero-order valence-electron chi connectivity index (χ0n) is 22.0. The molecule has 0 radical (unpaired) electrons. The van der Waals surface area contributed by atoms with Crippen LogP contribution in [0.5, 0.6) is 0 Å². The third-order valence-electron chi connectivity index (χ3n) is 7.30. The molecule has 0 saturated carbocycles. The van der Waals surface area contributed by atoms with Crippen molar-refractivity contribution in [3.63, 3.8) is 0 Å².